The third-order valence-corrected chi connectivity index (χ3v) is 4.39. The molecule has 0 fully saturated rings. The van der Waals surface area contributed by atoms with Gasteiger partial charge < -0.3 is 67.6 Å². The van der Waals surface area contributed by atoms with E-state index in [1.165, 1.54) is 36.4 Å². The van der Waals surface area contributed by atoms with Crippen molar-refractivity contribution >= 4 is 99.1 Å². The minimum Gasteiger partial charge on any atom is -0.489 e. The molecule has 0 unspecified atom stereocenters. The molecule has 0 aliphatic carbocycles. The molecule has 0 saturated heterocycles. The SMILES string of the molecule is C=O.C=O.C=O.C=O.C=O.C=O.C=O.C=O.C=O.C=O.C=O.C=O.N#Cc1ccc(C(F)(F)F)c(OCC=CCNC(=O)c2ccc(SC(F)(F)F)cc2)c1.[Co].[Co]. The number of carbonyl (C=O) groups is 13. The van der Waals surface area contributed by atoms with E-state index in [1.54, 1.807) is 6.07 Å². The Balaban J connectivity index is -0.0000000580. The summed E-state index contributed by atoms with van der Waals surface area (Å²) in [6, 6.07) is 9.35. The second-order valence-corrected chi connectivity index (χ2v) is 7.02. The molecule has 2 radical (unpaired) electrons. The van der Waals surface area contributed by atoms with Gasteiger partial charge in [-0.1, -0.05) is 6.08 Å². The Labute approximate surface area is 348 Å². The van der Waals surface area contributed by atoms with Gasteiger partial charge in [-0.3, -0.25) is 4.79 Å². The first-order valence-electron chi connectivity index (χ1n) is 12.0. The van der Waals surface area contributed by atoms with Crippen LogP contribution in [0.15, 0.2) is 59.5 Å². The molecule has 1 N–H and O–H groups in total. The molecular weight excluding hydrogens is 900 g/mol. The number of nitrogens with zero attached hydrogens (tertiary/aromatic N) is 1. The van der Waals surface area contributed by atoms with Gasteiger partial charge in [-0.25, -0.2) is 0 Å². The molecule has 0 aliphatic rings. The molecule has 2 aromatic carbocycles. The predicted molar refractivity (Wildman–Crippen MR) is 187 cm³/mol. The van der Waals surface area contributed by atoms with Gasteiger partial charge in [-0.15, -0.1) is 0 Å². The molecule has 2 rings (SSSR count). The second kappa shape index (κ2) is 78.9. The van der Waals surface area contributed by atoms with E-state index in [9.17, 15) is 31.1 Å². The number of thioether (sulfide) groups is 1. The Bertz CT molecular complexity index is 1180. The van der Waals surface area contributed by atoms with Crippen LogP contribution in [-0.2, 0) is 97.3 Å². The number of carbonyl (C=O) groups excluding carboxylic acids is 13. The van der Waals surface area contributed by atoms with E-state index in [1.807, 2.05) is 81.5 Å². The molecule has 0 aromatic heterocycles. The minimum absolute atomic E-state index is 0. The third kappa shape index (κ3) is 62.2. The number of alkyl halides is 6. The van der Waals surface area contributed by atoms with Crippen LogP contribution < -0.4 is 10.1 Å². The minimum atomic E-state index is -4.64. The van der Waals surface area contributed by atoms with Crippen LogP contribution in [0.4, 0.5) is 26.3 Å². The van der Waals surface area contributed by atoms with Crippen LogP contribution in [0.5, 0.6) is 5.75 Å². The van der Waals surface area contributed by atoms with Crippen LogP contribution in [-0.4, -0.2) is 106 Å². The standard InChI is InChI=1S/C20H14F6N2O2S.12CH2O.2Co/c21-19(22,23)16-8-3-13(12-27)11-17(16)30-10-2-1-9-28-18(29)14-4-6-15(7-5-14)31-20(24,25)26;12*1-2;;/h1-8,11H,9-10H2,(H,28,29);12*1H2;;. The summed E-state index contributed by atoms with van der Waals surface area (Å²) in [6.45, 7) is 23.8. The second-order valence-electron chi connectivity index (χ2n) is 5.89. The molecule has 0 spiro atoms. The Morgan fingerprint density at radius 3 is 1.32 bits per heavy atom. The first-order valence-corrected chi connectivity index (χ1v) is 12.8. The Morgan fingerprint density at radius 2 is 1.00 bits per heavy atom. The summed E-state index contributed by atoms with van der Waals surface area (Å²) in [5, 5.41) is 11.3. The largest absolute Gasteiger partial charge is 0.489 e. The van der Waals surface area contributed by atoms with Gasteiger partial charge in [0.05, 0.1) is 17.2 Å². The van der Waals surface area contributed by atoms with Gasteiger partial charge in [0.25, 0.3) is 5.91 Å². The van der Waals surface area contributed by atoms with Crippen molar-refractivity contribution in [1.82, 2.24) is 5.32 Å². The quantitative estimate of drug-likeness (QED) is 0.237. The Kier molecular flexibility index (Phi) is 122. The van der Waals surface area contributed by atoms with Crippen LogP contribution >= 0.6 is 11.8 Å². The fourth-order valence-electron chi connectivity index (χ4n) is 2.30. The van der Waals surface area contributed by atoms with Crippen molar-refractivity contribution in [2.75, 3.05) is 13.2 Å². The summed E-state index contributed by atoms with van der Waals surface area (Å²) in [4.78, 5) is 108. The smallest absolute Gasteiger partial charge is 0.446 e. The topological polar surface area (TPSA) is 267 Å². The number of benzene rings is 2. The van der Waals surface area contributed by atoms with Crippen molar-refractivity contribution in [3.63, 3.8) is 0 Å². The van der Waals surface area contributed by atoms with Crippen LogP contribution in [0.25, 0.3) is 0 Å². The van der Waals surface area contributed by atoms with Crippen LogP contribution in [0.1, 0.15) is 21.5 Å². The van der Waals surface area contributed by atoms with Gasteiger partial charge in [0.2, 0.25) is 0 Å². The summed E-state index contributed by atoms with van der Waals surface area (Å²) in [6.07, 6.45) is -1.83. The molecule has 0 atom stereocenters. The number of nitriles is 1. The fraction of sp³-hybridized carbons (Fsp3) is 0.125. The molecule has 16 nitrogen and oxygen atoms in total. The van der Waals surface area contributed by atoms with Gasteiger partial charge in [-0.05, 0) is 60.3 Å². The molecule has 326 valence electrons. The zero-order valence-corrected chi connectivity index (χ0v) is 32.5. The maximum Gasteiger partial charge on any atom is 0.446 e. The third-order valence-electron chi connectivity index (χ3n) is 3.65. The molecule has 0 bridgehead atoms. The van der Waals surface area contributed by atoms with E-state index in [0.717, 1.165) is 18.2 Å². The van der Waals surface area contributed by atoms with E-state index in [0.29, 0.717) is 0 Å². The van der Waals surface area contributed by atoms with Crippen LogP contribution in [0, 0.1) is 11.3 Å². The zero-order chi connectivity index (χ0) is 47.1. The maximum absolute atomic E-state index is 13.0. The molecule has 0 aliphatic heterocycles. The predicted octanol–water partition coefficient (Wildman–Crippen LogP) is 3.33. The summed E-state index contributed by atoms with van der Waals surface area (Å²) < 4.78 is 80.9. The zero-order valence-electron chi connectivity index (χ0n) is 29.6. The van der Waals surface area contributed by atoms with Crippen molar-refractivity contribution in [2.45, 2.75) is 16.6 Å². The van der Waals surface area contributed by atoms with Crippen molar-refractivity contribution < 1.29 is 127 Å². The average molecular weight is 939 g/mol. The normalized spacial score (nSPS) is 7.32. The van der Waals surface area contributed by atoms with Crippen molar-refractivity contribution in [2.24, 2.45) is 0 Å². The van der Waals surface area contributed by atoms with Gasteiger partial charge >= 0.3 is 11.7 Å². The number of rotatable bonds is 7. The van der Waals surface area contributed by atoms with E-state index < -0.39 is 28.9 Å². The summed E-state index contributed by atoms with van der Waals surface area (Å²) in [5.74, 6) is -1.02. The fourth-order valence-corrected chi connectivity index (χ4v) is 2.84. The van der Waals surface area contributed by atoms with Gasteiger partial charge in [0, 0.05) is 50.6 Å². The Morgan fingerprint density at radius 1 is 0.632 bits per heavy atom. The molecular formula is C32H38Co2F6N2O14S. The van der Waals surface area contributed by atoms with Crippen molar-refractivity contribution in [1.29, 1.82) is 5.26 Å². The molecule has 2 aromatic rings. The van der Waals surface area contributed by atoms with Crippen molar-refractivity contribution in [3.8, 4) is 11.8 Å². The van der Waals surface area contributed by atoms with Gasteiger partial charge in [0.15, 0.2) is 0 Å². The number of ether oxygens (including phenoxy) is 1. The molecule has 25 heteroatoms. The maximum atomic E-state index is 13.0. The summed E-state index contributed by atoms with van der Waals surface area (Å²) in [7, 11) is 0. The number of hydrogen-bond acceptors (Lipinski definition) is 16. The summed E-state index contributed by atoms with van der Waals surface area (Å²) >= 11 is -0.294. The van der Waals surface area contributed by atoms with E-state index in [4.69, 9.17) is 67.5 Å². The van der Waals surface area contributed by atoms with E-state index in [2.05, 4.69) is 5.32 Å². The number of nitrogens with one attached hydrogen (secondary N) is 1. The van der Waals surface area contributed by atoms with E-state index in [-0.39, 0.29) is 74.5 Å². The molecule has 0 saturated carbocycles. The van der Waals surface area contributed by atoms with Crippen LogP contribution in [0.3, 0.4) is 0 Å². The van der Waals surface area contributed by atoms with Gasteiger partial charge in [0.1, 0.15) is 93.8 Å². The average Bonchev–Trinajstić information content (AvgIpc) is 3.27. The van der Waals surface area contributed by atoms with Crippen molar-refractivity contribution in [3.05, 3.63) is 71.3 Å². The van der Waals surface area contributed by atoms with Gasteiger partial charge in [-0.2, -0.15) is 31.6 Å². The monoisotopic (exact) mass is 938 g/mol. The first kappa shape index (κ1) is 88.2. The number of halogens is 6. The molecule has 0 heterocycles. The molecule has 57 heavy (non-hydrogen) atoms. The molecule has 1 amide bonds. The number of hydrogen-bond donors (Lipinski definition) is 1. The first-order chi connectivity index (χ1) is 26.5. The Hall–Kier alpha value is -6.08. The number of amides is 1. The van der Waals surface area contributed by atoms with Crippen LogP contribution in [0.2, 0.25) is 0 Å². The van der Waals surface area contributed by atoms with E-state index >= 15 is 0 Å². The summed E-state index contributed by atoms with van der Waals surface area (Å²) in [5.41, 5.74) is -5.27.